The average Bonchev–Trinajstić information content (AvgIpc) is 3.33. The number of benzene rings is 2. The van der Waals surface area contributed by atoms with Crippen LogP contribution in [0.5, 0.6) is 5.75 Å². The minimum Gasteiger partial charge on any atom is -0.495 e. The van der Waals surface area contributed by atoms with Crippen molar-refractivity contribution >= 4 is 38.9 Å². The summed E-state index contributed by atoms with van der Waals surface area (Å²) in [6, 6.07) is 16.9. The lowest BCUT2D eigenvalue weighted by Gasteiger charge is -2.34. The highest BCUT2D eigenvalue weighted by atomic mass is 32.2. The molecule has 0 bridgehead atoms. The molecule has 8 heteroatoms. The molecule has 0 N–H and O–H groups in total. The van der Waals surface area contributed by atoms with E-state index in [4.69, 9.17) is 9.47 Å². The molecule has 0 atom stereocenters. The molecule has 186 valence electrons. The van der Waals surface area contributed by atoms with Crippen molar-refractivity contribution in [3.05, 3.63) is 65.7 Å². The maximum absolute atomic E-state index is 12.3. The smallest absolute Gasteiger partial charge is 0.337 e. The van der Waals surface area contributed by atoms with Crippen LogP contribution in [0, 0.1) is 5.41 Å². The Morgan fingerprint density at radius 3 is 2.29 bits per heavy atom. The van der Waals surface area contributed by atoms with Crippen molar-refractivity contribution in [2.75, 3.05) is 18.5 Å². The van der Waals surface area contributed by atoms with Crippen molar-refractivity contribution in [3.8, 4) is 16.2 Å². The van der Waals surface area contributed by atoms with Gasteiger partial charge in [0.2, 0.25) is 10.9 Å². The fraction of sp³-hybridized carbons (Fsp3) is 0.370. The maximum atomic E-state index is 12.3. The van der Waals surface area contributed by atoms with E-state index < -0.39 is 16.9 Å². The quantitative estimate of drug-likeness (QED) is 0.286. The van der Waals surface area contributed by atoms with E-state index >= 15 is 0 Å². The highest BCUT2D eigenvalue weighted by Crippen LogP contribution is 2.44. The Hall–Kier alpha value is -2.84. The van der Waals surface area contributed by atoms with Gasteiger partial charge in [-0.15, -0.1) is 11.3 Å². The minimum absolute atomic E-state index is 0.266. The first-order chi connectivity index (χ1) is 16.7. The van der Waals surface area contributed by atoms with Crippen molar-refractivity contribution in [2.24, 2.45) is 5.41 Å². The second-order valence-corrected chi connectivity index (χ2v) is 11.6. The number of anilines is 2. The van der Waals surface area contributed by atoms with Crippen LogP contribution in [0.15, 0.2) is 54.6 Å². The van der Waals surface area contributed by atoms with Gasteiger partial charge in [-0.25, -0.2) is 17.5 Å². The van der Waals surface area contributed by atoms with Crippen molar-refractivity contribution < 1.29 is 22.7 Å². The zero-order valence-electron chi connectivity index (χ0n) is 20.4. The van der Waals surface area contributed by atoms with Crippen LogP contribution in [-0.2, 0) is 15.6 Å². The first-order valence-corrected chi connectivity index (χ1v) is 13.6. The van der Waals surface area contributed by atoms with Crippen LogP contribution in [0.25, 0.3) is 10.4 Å². The molecule has 1 aliphatic rings. The summed E-state index contributed by atoms with van der Waals surface area (Å²) in [6.07, 6.45) is 4.94. The third-order valence-electron chi connectivity index (χ3n) is 6.80. The monoisotopic (exact) mass is 513 g/mol. The van der Waals surface area contributed by atoms with Crippen LogP contribution in [0.4, 0.5) is 10.7 Å². The normalized spacial score (nSPS) is 15.7. The molecular formula is C27H31NO5S2. The van der Waals surface area contributed by atoms with Gasteiger partial charge in [0, 0.05) is 4.88 Å². The predicted octanol–water partition coefficient (Wildman–Crippen LogP) is 6.56. The summed E-state index contributed by atoms with van der Waals surface area (Å²) < 4.78 is 35.9. The summed E-state index contributed by atoms with van der Waals surface area (Å²) in [7, 11) is -0.271. The molecule has 0 saturated heterocycles. The van der Waals surface area contributed by atoms with E-state index in [0.29, 0.717) is 22.0 Å². The largest absolute Gasteiger partial charge is 0.495 e. The van der Waals surface area contributed by atoms with E-state index in [0.717, 1.165) is 10.4 Å². The topological polar surface area (TPSA) is 72.9 Å². The first-order valence-electron chi connectivity index (χ1n) is 11.6. The summed E-state index contributed by atoms with van der Waals surface area (Å²) in [5.74, 6) is 0.352. The molecule has 1 heterocycles. The van der Waals surface area contributed by atoms with Crippen molar-refractivity contribution in [2.45, 2.75) is 45.4 Å². The summed E-state index contributed by atoms with van der Waals surface area (Å²) >= 11 is 1.39. The van der Waals surface area contributed by atoms with Crippen LogP contribution >= 0.6 is 11.3 Å². The second-order valence-electron chi connectivity index (χ2n) is 9.63. The van der Waals surface area contributed by atoms with Crippen LogP contribution < -0.4 is 9.04 Å². The van der Waals surface area contributed by atoms with E-state index in [2.05, 4.69) is 38.1 Å². The lowest BCUT2D eigenvalue weighted by atomic mass is 9.71. The lowest BCUT2D eigenvalue weighted by Crippen LogP contribution is -2.20. The second kappa shape index (κ2) is 10.4. The van der Waals surface area contributed by atoms with Crippen molar-refractivity contribution in [3.63, 3.8) is 0 Å². The standard InChI is InChI=1S/C27H31NO5S2/c1-27(2)15-13-19(14-16-27)18-5-7-20(8-6-18)24-11-12-25(34-24)28(35(30)31)22-10-9-21(26(29)33-4)17-23(22)32-3/h5-12,17,19,35H,13-16H2,1-4H3. The number of hydrogen-bond acceptors (Lipinski definition) is 6. The number of thiol groups is 1. The molecule has 1 aliphatic carbocycles. The van der Waals surface area contributed by atoms with Crippen molar-refractivity contribution in [1.29, 1.82) is 0 Å². The molecule has 0 spiro atoms. The Morgan fingerprint density at radius 1 is 1.00 bits per heavy atom. The minimum atomic E-state index is -3.00. The van der Waals surface area contributed by atoms with E-state index in [9.17, 15) is 13.2 Å². The molecule has 6 nitrogen and oxygen atoms in total. The number of thiophene rings is 1. The third kappa shape index (κ3) is 5.54. The van der Waals surface area contributed by atoms with Gasteiger partial charge >= 0.3 is 5.97 Å². The Bertz CT molecular complexity index is 1260. The number of rotatable bonds is 7. The molecule has 0 amide bonds. The Kier molecular flexibility index (Phi) is 7.52. The Labute approximate surface area is 212 Å². The van der Waals surface area contributed by atoms with Gasteiger partial charge in [-0.05, 0) is 78.5 Å². The van der Waals surface area contributed by atoms with Gasteiger partial charge in [-0.2, -0.15) is 0 Å². The molecule has 0 aliphatic heterocycles. The van der Waals surface area contributed by atoms with Gasteiger partial charge in [0.25, 0.3) is 0 Å². The zero-order valence-corrected chi connectivity index (χ0v) is 22.2. The van der Waals surface area contributed by atoms with E-state index in [-0.39, 0.29) is 11.3 Å². The van der Waals surface area contributed by atoms with E-state index in [1.54, 1.807) is 12.1 Å². The van der Waals surface area contributed by atoms with Crippen molar-refractivity contribution in [1.82, 2.24) is 0 Å². The highest BCUT2D eigenvalue weighted by Gasteiger charge is 2.27. The summed E-state index contributed by atoms with van der Waals surface area (Å²) in [4.78, 5) is 12.8. The molecule has 1 aromatic heterocycles. The zero-order chi connectivity index (χ0) is 25.2. The lowest BCUT2D eigenvalue weighted by molar-refractivity contribution is 0.0600. The number of carbonyl (C=O) groups is 1. The van der Waals surface area contributed by atoms with Crippen LogP contribution in [0.3, 0.4) is 0 Å². The fourth-order valence-electron chi connectivity index (χ4n) is 4.63. The van der Waals surface area contributed by atoms with Gasteiger partial charge in [-0.3, -0.25) is 0 Å². The highest BCUT2D eigenvalue weighted by molar-refractivity contribution is 7.74. The number of esters is 1. The molecular weight excluding hydrogens is 482 g/mol. The van der Waals surface area contributed by atoms with Crippen LogP contribution in [0.2, 0.25) is 0 Å². The average molecular weight is 514 g/mol. The van der Waals surface area contributed by atoms with Gasteiger partial charge in [0.05, 0.1) is 25.5 Å². The summed E-state index contributed by atoms with van der Waals surface area (Å²) in [5.41, 5.74) is 3.49. The van der Waals surface area contributed by atoms with Gasteiger partial charge in [0.15, 0.2) is 0 Å². The molecule has 3 aromatic rings. The summed E-state index contributed by atoms with van der Waals surface area (Å²) in [5, 5.41) is 0.541. The number of carbonyl (C=O) groups excluding carboxylic acids is 1. The van der Waals surface area contributed by atoms with E-state index in [1.165, 1.54) is 73.2 Å². The molecule has 0 radical (unpaired) electrons. The van der Waals surface area contributed by atoms with Gasteiger partial charge in [-0.1, -0.05) is 38.1 Å². The molecule has 2 aromatic carbocycles. The summed E-state index contributed by atoms with van der Waals surface area (Å²) in [6.45, 7) is 4.70. The van der Waals surface area contributed by atoms with Gasteiger partial charge < -0.3 is 9.47 Å². The molecule has 35 heavy (non-hydrogen) atoms. The SMILES string of the molecule is COC(=O)c1ccc(N(c2ccc(-c3ccc(C4CCC(C)(C)CC4)cc3)s2)[SH](=O)=O)c(OC)c1. The number of ether oxygens (including phenoxy) is 2. The molecule has 4 rings (SSSR count). The van der Waals surface area contributed by atoms with Crippen LogP contribution in [-0.4, -0.2) is 28.6 Å². The van der Waals surface area contributed by atoms with Gasteiger partial charge in [0.1, 0.15) is 10.8 Å². The van der Waals surface area contributed by atoms with E-state index in [1.807, 2.05) is 6.07 Å². The van der Waals surface area contributed by atoms with Crippen LogP contribution in [0.1, 0.15) is 61.4 Å². The maximum Gasteiger partial charge on any atom is 0.337 e. The molecule has 1 saturated carbocycles. The predicted molar refractivity (Wildman–Crippen MR) is 142 cm³/mol. The third-order valence-corrected chi connectivity index (χ3v) is 8.81. The number of methoxy groups -OCH3 is 2. The Balaban J connectivity index is 1.58. The first kappa shape index (κ1) is 25.3. The number of hydrogen-bond donors (Lipinski definition) is 1. The Morgan fingerprint density at radius 2 is 1.69 bits per heavy atom. The fourth-order valence-corrected chi connectivity index (χ4v) is 6.46. The molecule has 0 unspecified atom stereocenters. The number of nitrogens with zero attached hydrogens (tertiary/aromatic N) is 1. The molecule has 1 fully saturated rings.